The Labute approximate surface area is 127 Å². The van der Waals surface area contributed by atoms with E-state index in [1.54, 1.807) is 0 Å². The van der Waals surface area contributed by atoms with Crippen LogP contribution in [-0.4, -0.2) is 29.8 Å². The number of ether oxygens (including phenoxy) is 1. The van der Waals surface area contributed by atoms with E-state index in [4.69, 9.17) is 9.26 Å². The highest BCUT2D eigenvalue weighted by Gasteiger charge is 2.30. The summed E-state index contributed by atoms with van der Waals surface area (Å²) < 4.78 is 11.4. The lowest BCUT2D eigenvalue weighted by Gasteiger charge is -2.21. The number of rotatable bonds is 6. The summed E-state index contributed by atoms with van der Waals surface area (Å²) in [4.78, 5) is 4.67. The van der Waals surface area contributed by atoms with E-state index in [2.05, 4.69) is 29.3 Å². The lowest BCUT2D eigenvalue weighted by molar-refractivity contribution is 0.0217. The van der Waals surface area contributed by atoms with Crippen molar-refractivity contribution in [3.63, 3.8) is 0 Å². The van der Waals surface area contributed by atoms with Crippen molar-refractivity contribution >= 4 is 0 Å². The van der Waals surface area contributed by atoms with E-state index >= 15 is 0 Å². The molecule has 5 nitrogen and oxygen atoms in total. The molecule has 1 heterocycles. The molecule has 1 saturated carbocycles. The third-order valence-corrected chi connectivity index (χ3v) is 4.37. The quantitative estimate of drug-likeness (QED) is 0.815. The van der Waals surface area contributed by atoms with Crippen LogP contribution in [0.3, 0.4) is 0 Å². The molecule has 1 aliphatic rings. The van der Waals surface area contributed by atoms with Crippen molar-refractivity contribution < 1.29 is 9.26 Å². The molecule has 3 atom stereocenters. The Morgan fingerprint density at radius 3 is 2.71 bits per heavy atom. The van der Waals surface area contributed by atoms with Crippen molar-refractivity contribution in [3.05, 3.63) is 11.7 Å². The smallest absolute Gasteiger partial charge is 0.231 e. The Bertz CT molecular complexity index is 419. The Kier molecular flexibility index (Phi) is 6.18. The Morgan fingerprint density at radius 2 is 2.05 bits per heavy atom. The molecule has 2 rings (SSSR count). The van der Waals surface area contributed by atoms with Gasteiger partial charge in [0.25, 0.3) is 0 Å². The zero-order valence-electron chi connectivity index (χ0n) is 13.8. The van der Waals surface area contributed by atoms with Gasteiger partial charge < -0.3 is 14.6 Å². The van der Waals surface area contributed by atoms with Crippen molar-refractivity contribution in [2.45, 2.75) is 70.9 Å². The van der Waals surface area contributed by atoms with Gasteiger partial charge in [0.15, 0.2) is 0 Å². The van der Waals surface area contributed by atoms with Crippen LogP contribution < -0.4 is 5.32 Å². The first-order valence-electron chi connectivity index (χ1n) is 8.29. The van der Waals surface area contributed by atoms with Crippen LogP contribution in [-0.2, 0) is 4.74 Å². The summed E-state index contributed by atoms with van der Waals surface area (Å²) in [7, 11) is 2.03. The van der Waals surface area contributed by atoms with Crippen molar-refractivity contribution in [3.8, 4) is 0 Å². The molecular weight excluding hydrogens is 266 g/mol. The van der Waals surface area contributed by atoms with Crippen LogP contribution in [0.4, 0.5) is 0 Å². The molecule has 1 fully saturated rings. The summed E-state index contributed by atoms with van der Waals surface area (Å²) in [5, 5.41) is 7.61. The Balaban J connectivity index is 2.16. The van der Waals surface area contributed by atoms with Crippen LogP contribution in [0, 0.1) is 5.92 Å². The van der Waals surface area contributed by atoms with Gasteiger partial charge in [-0.3, -0.25) is 0 Å². The molecule has 1 aromatic rings. The van der Waals surface area contributed by atoms with Gasteiger partial charge >= 0.3 is 0 Å². The summed E-state index contributed by atoms with van der Waals surface area (Å²) in [6.07, 6.45) is 6.03. The molecule has 0 aliphatic heterocycles. The Hall–Kier alpha value is -0.940. The van der Waals surface area contributed by atoms with Gasteiger partial charge in [0.1, 0.15) is 6.10 Å². The predicted octanol–water partition coefficient (Wildman–Crippen LogP) is 3.44. The van der Waals surface area contributed by atoms with Crippen LogP contribution in [0.1, 0.15) is 76.6 Å². The highest BCUT2D eigenvalue weighted by Crippen LogP contribution is 2.32. The summed E-state index contributed by atoms with van der Waals surface area (Å²) in [5.41, 5.74) is 0. The minimum Gasteiger partial charge on any atom is -0.370 e. The maximum atomic E-state index is 5.77. The maximum absolute atomic E-state index is 5.77. The predicted molar refractivity (Wildman–Crippen MR) is 82.2 cm³/mol. The number of aromatic nitrogens is 2. The first-order chi connectivity index (χ1) is 10.2. The molecule has 0 saturated heterocycles. The topological polar surface area (TPSA) is 60.2 Å². The molecule has 0 spiro atoms. The highest BCUT2D eigenvalue weighted by molar-refractivity contribution is 5.02. The summed E-state index contributed by atoms with van der Waals surface area (Å²) in [6.45, 7) is 6.91. The molecular formula is C16H29N3O2. The SMILES string of the molecule is CCOC(c1noc(C2CCCCCC2NC)n1)C(C)C. The van der Waals surface area contributed by atoms with E-state index in [-0.39, 0.29) is 6.10 Å². The monoisotopic (exact) mass is 295 g/mol. The molecule has 0 bridgehead atoms. The van der Waals surface area contributed by atoms with Gasteiger partial charge in [-0.05, 0) is 32.7 Å². The lowest BCUT2D eigenvalue weighted by atomic mass is 9.95. The van der Waals surface area contributed by atoms with E-state index in [0.29, 0.717) is 30.3 Å². The van der Waals surface area contributed by atoms with Crippen molar-refractivity contribution in [1.29, 1.82) is 0 Å². The van der Waals surface area contributed by atoms with E-state index in [9.17, 15) is 0 Å². The van der Waals surface area contributed by atoms with Gasteiger partial charge in [-0.1, -0.05) is 38.3 Å². The van der Waals surface area contributed by atoms with Crippen molar-refractivity contribution in [2.24, 2.45) is 5.92 Å². The van der Waals surface area contributed by atoms with Gasteiger partial charge in [-0.25, -0.2) is 0 Å². The summed E-state index contributed by atoms with van der Waals surface area (Å²) in [6, 6.07) is 0.436. The summed E-state index contributed by atoms with van der Waals surface area (Å²) in [5.74, 6) is 2.13. The zero-order chi connectivity index (χ0) is 15.2. The summed E-state index contributed by atoms with van der Waals surface area (Å²) >= 11 is 0. The standard InChI is InChI=1S/C16H29N3O2/c1-5-20-14(11(2)3)15-18-16(21-19-15)12-9-7-6-8-10-13(12)17-4/h11-14,17H,5-10H2,1-4H3. The second-order valence-corrected chi connectivity index (χ2v) is 6.25. The van der Waals surface area contributed by atoms with Gasteiger partial charge in [0.2, 0.25) is 11.7 Å². The van der Waals surface area contributed by atoms with Crippen LogP contribution in [0.15, 0.2) is 4.52 Å². The van der Waals surface area contributed by atoms with E-state index in [0.717, 1.165) is 12.3 Å². The molecule has 0 radical (unpaired) electrons. The fourth-order valence-corrected chi connectivity index (χ4v) is 3.21. The molecule has 5 heteroatoms. The first kappa shape index (κ1) is 16.4. The van der Waals surface area contributed by atoms with Crippen molar-refractivity contribution in [2.75, 3.05) is 13.7 Å². The second-order valence-electron chi connectivity index (χ2n) is 6.25. The van der Waals surface area contributed by atoms with Crippen LogP contribution in [0.2, 0.25) is 0 Å². The average molecular weight is 295 g/mol. The maximum Gasteiger partial charge on any atom is 0.231 e. The lowest BCUT2D eigenvalue weighted by Crippen LogP contribution is -2.31. The van der Waals surface area contributed by atoms with Gasteiger partial charge in [0.05, 0.1) is 5.92 Å². The van der Waals surface area contributed by atoms with E-state index in [1.165, 1.54) is 25.7 Å². The third kappa shape index (κ3) is 4.04. The third-order valence-electron chi connectivity index (χ3n) is 4.37. The second kappa shape index (κ2) is 7.90. The van der Waals surface area contributed by atoms with Crippen LogP contribution in [0.25, 0.3) is 0 Å². The number of likely N-dealkylation sites (N-methyl/N-ethyl adjacent to an activating group) is 1. The fourth-order valence-electron chi connectivity index (χ4n) is 3.21. The molecule has 120 valence electrons. The first-order valence-corrected chi connectivity index (χ1v) is 8.29. The molecule has 21 heavy (non-hydrogen) atoms. The molecule has 1 aliphatic carbocycles. The van der Waals surface area contributed by atoms with Gasteiger partial charge in [-0.2, -0.15) is 4.98 Å². The zero-order valence-corrected chi connectivity index (χ0v) is 13.8. The minimum absolute atomic E-state index is 0.0775. The number of hydrogen-bond donors (Lipinski definition) is 1. The molecule has 0 aromatic carbocycles. The van der Waals surface area contributed by atoms with Crippen LogP contribution >= 0.6 is 0 Å². The molecule has 0 amide bonds. The van der Waals surface area contributed by atoms with Gasteiger partial charge in [0, 0.05) is 12.6 Å². The average Bonchev–Trinajstić information content (AvgIpc) is 2.81. The van der Waals surface area contributed by atoms with Crippen LogP contribution in [0.5, 0.6) is 0 Å². The largest absolute Gasteiger partial charge is 0.370 e. The molecule has 1 N–H and O–H groups in total. The number of hydrogen-bond acceptors (Lipinski definition) is 5. The van der Waals surface area contributed by atoms with Crippen molar-refractivity contribution in [1.82, 2.24) is 15.5 Å². The highest BCUT2D eigenvalue weighted by atomic mass is 16.5. The molecule has 3 unspecified atom stereocenters. The van der Waals surface area contributed by atoms with E-state index < -0.39 is 0 Å². The minimum atomic E-state index is -0.0775. The number of nitrogens with one attached hydrogen (secondary N) is 1. The van der Waals surface area contributed by atoms with Gasteiger partial charge in [-0.15, -0.1) is 0 Å². The fraction of sp³-hybridized carbons (Fsp3) is 0.875. The molecule has 1 aromatic heterocycles. The number of nitrogens with zero attached hydrogens (tertiary/aromatic N) is 2. The normalized spacial score (nSPS) is 25.0. The van der Waals surface area contributed by atoms with E-state index in [1.807, 2.05) is 14.0 Å². The Morgan fingerprint density at radius 1 is 1.29 bits per heavy atom.